The number of aliphatic hydroxyl groups excluding tert-OH is 7. The monoisotopic (exact) mass is 1070 g/mol. The number of hydrogen-bond donors (Lipinski definition) is 7. The second-order valence-corrected chi connectivity index (χ2v) is 22.2. The molecule has 0 radical (unpaired) electrons. The number of carbonyl (C=O) groups is 1. The topological polar surface area (TPSA) is 214 Å². The Kier molecular flexibility index (Phi) is 45.3. The third-order valence-electron chi connectivity index (χ3n) is 15.3. The van der Waals surface area contributed by atoms with E-state index in [-0.39, 0.29) is 25.6 Å². The standard InChI is InChI=1S/C61H116O14/c1-3-5-7-9-11-13-15-17-19-20-21-22-23-24-25-26-27-28-29-31-33-35-37-39-41-43-45-70-47-50(73-53(63)44-42-40-38-36-34-32-30-18-16-14-12-10-8-6-4-2)48-71-60-59(69)57(67)55(65)52(75-60)49-72-61-58(68)56(66)54(64)51(46-62)74-61/h20-21,50-52,54-62,64-69H,3-19,22-49H2,1-2H3/b21-20-. The van der Waals surface area contributed by atoms with Gasteiger partial charge in [0.1, 0.15) is 54.9 Å². The number of ether oxygens (including phenoxy) is 6. The largest absolute Gasteiger partial charge is 0.457 e. The van der Waals surface area contributed by atoms with Crippen LogP contribution in [0.15, 0.2) is 12.2 Å². The molecule has 7 N–H and O–H groups in total. The fourth-order valence-electron chi connectivity index (χ4n) is 10.2. The van der Waals surface area contributed by atoms with E-state index in [4.69, 9.17) is 28.4 Å². The summed E-state index contributed by atoms with van der Waals surface area (Å²) in [6.07, 6.45) is 38.5. The molecule has 0 aromatic heterocycles. The fraction of sp³-hybridized carbons (Fsp3) is 0.951. The molecule has 0 aliphatic carbocycles. The molecular formula is C61H116O14. The highest BCUT2D eigenvalue weighted by atomic mass is 16.7. The fourth-order valence-corrected chi connectivity index (χ4v) is 10.2. The summed E-state index contributed by atoms with van der Waals surface area (Å²) in [7, 11) is 0. The highest BCUT2D eigenvalue weighted by molar-refractivity contribution is 5.69. The highest BCUT2D eigenvalue weighted by Crippen LogP contribution is 2.27. The molecule has 0 saturated carbocycles. The van der Waals surface area contributed by atoms with Crippen molar-refractivity contribution in [3.8, 4) is 0 Å². The molecule has 14 nitrogen and oxygen atoms in total. The van der Waals surface area contributed by atoms with E-state index in [0.717, 1.165) is 38.5 Å². The first-order chi connectivity index (χ1) is 36.6. The maximum atomic E-state index is 13.1. The van der Waals surface area contributed by atoms with Crippen LogP contribution in [0.25, 0.3) is 0 Å². The minimum absolute atomic E-state index is 0.0685. The zero-order valence-corrected chi connectivity index (χ0v) is 47.8. The number of carbonyl (C=O) groups excluding carboxylic acids is 1. The van der Waals surface area contributed by atoms with Gasteiger partial charge in [-0.05, 0) is 38.5 Å². The smallest absolute Gasteiger partial charge is 0.306 e. The van der Waals surface area contributed by atoms with Crippen molar-refractivity contribution < 1.29 is 69.0 Å². The van der Waals surface area contributed by atoms with Crippen molar-refractivity contribution in [2.24, 2.45) is 0 Å². The molecule has 11 atom stereocenters. The number of allylic oxidation sites excluding steroid dienone is 2. The lowest BCUT2D eigenvalue weighted by Crippen LogP contribution is -2.61. The molecule has 2 saturated heterocycles. The highest BCUT2D eigenvalue weighted by Gasteiger charge is 2.47. The molecule has 0 amide bonds. The van der Waals surface area contributed by atoms with Gasteiger partial charge in [-0.3, -0.25) is 4.79 Å². The van der Waals surface area contributed by atoms with Crippen LogP contribution in [0.4, 0.5) is 0 Å². The van der Waals surface area contributed by atoms with E-state index in [0.29, 0.717) is 13.0 Å². The van der Waals surface area contributed by atoms with E-state index < -0.39 is 80.7 Å². The van der Waals surface area contributed by atoms with Crippen LogP contribution in [0.1, 0.15) is 271 Å². The molecule has 0 aromatic rings. The maximum Gasteiger partial charge on any atom is 0.306 e. The van der Waals surface area contributed by atoms with Crippen molar-refractivity contribution in [1.82, 2.24) is 0 Å². The van der Waals surface area contributed by atoms with Crippen LogP contribution >= 0.6 is 0 Å². The van der Waals surface area contributed by atoms with E-state index in [1.54, 1.807) is 0 Å². The van der Waals surface area contributed by atoms with E-state index in [1.165, 1.54) is 205 Å². The van der Waals surface area contributed by atoms with Crippen LogP contribution in [0, 0.1) is 0 Å². The minimum atomic E-state index is -1.70. The number of rotatable bonds is 52. The Morgan fingerprint density at radius 3 is 1.21 bits per heavy atom. The Morgan fingerprint density at radius 2 is 0.787 bits per heavy atom. The van der Waals surface area contributed by atoms with Gasteiger partial charge in [-0.15, -0.1) is 0 Å². The first-order valence-electron chi connectivity index (χ1n) is 31.3. The van der Waals surface area contributed by atoms with E-state index in [9.17, 15) is 40.5 Å². The Balaban J connectivity index is 1.65. The maximum absolute atomic E-state index is 13.1. The van der Waals surface area contributed by atoms with Gasteiger partial charge in [0.05, 0.1) is 26.4 Å². The summed E-state index contributed by atoms with van der Waals surface area (Å²) < 4.78 is 34.5. The van der Waals surface area contributed by atoms with Crippen LogP contribution in [0.3, 0.4) is 0 Å². The molecule has 2 heterocycles. The summed E-state index contributed by atoms with van der Waals surface area (Å²) in [5.41, 5.74) is 0. The first kappa shape index (κ1) is 69.8. The SMILES string of the molecule is CCCCCCCCCC/C=C\CCCCCCCCCCCCCCCCOCC(COC1OC(COC2OC(CO)C(O)C(O)C2O)C(O)C(O)C1O)OC(=O)CCCCCCCCCCCCCCCCC. The van der Waals surface area contributed by atoms with Crippen LogP contribution in [0.2, 0.25) is 0 Å². The average Bonchev–Trinajstić information content (AvgIpc) is 3.41. The molecule has 14 heteroatoms. The first-order valence-corrected chi connectivity index (χ1v) is 31.3. The normalized spacial score (nSPS) is 24.6. The average molecular weight is 1070 g/mol. The summed E-state index contributed by atoms with van der Waals surface area (Å²) in [6.45, 7) is 3.75. The van der Waals surface area contributed by atoms with Crippen LogP contribution in [-0.2, 0) is 33.2 Å². The van der Waals surface area contributed by atoms with Gasteiger partial charge < -0.3 is 64.2 Å². The van der Waals surface area contributed by atoms with Gasteiger partial charge in [-0.2, -0.15) is 0 Å². The van der Waals surface area contributed by atoms with Crippen molar-refractivity contribution in [1.29, 1.82) is 0 Å². The molecule has 2 rings (SSSR count). The summed E-state index contributed by atoms with van der Waals surface area (Å²) in [5.74, 6) is -0.369. The third kappa shape index (κ3) is 35.2. The van der Waals surface area contributed by atoms with Gasteiger partial charge in [-0.1, -0.05) is 238 Å². The predicted octanol–water partition coefficient (Wildman–Crippen LogP) is 11.8. The zero-order valence-electron chi connectivity index (χ0n) is 47.8. The molecule has 0 spiro atoms. The van der Waals surface area contributed by atoms with Crippen LogP contribution < -0.4 is 0 Å². The lowest BCUT2D eigenvalue weighted by Gasteiger charge is -2.42. The molecule has 2 aliphatic rings. The second kappa shape index (κ2) is 48.6. The molecule has 2 fully saturated rings. The van der Waals surface area contributed by atoms with Gasteiger partial charge in [0.25, 0.3) is 0 Å². The Hall–Kier alpha value is -1.27. The van der Waals surface area contributed by atoms with Crippen LogP contribution in [0.5, 0.6) is 0 Å². The second-order valence-electron chi connectivity index (χ2n) is 22.2. The molecule has 11 unspecified atom stereocenters. The third-order valence-corrected chi connectivity index (χ3v) is 15.3. The van der Waals surface area contributed by atoms with Crippen molar-refractivity contribution in [2.45, 2.75) is 338 Å². The number of hydrogen-bond acceptors (Lipinski definition) is 14. The quantitative estimate of drug-likeness (QED) is 0.0172. The molecule has 444 valence electrons. The summed E-state index contributed by atoms with van der Waals surface area (Å²) >= 11 is 0. The van der Waals surface area contributed by atoms with Gasteiger partial charge in [0.2, 0.25) is 0 Å². The van der Waals surface area contributed by atoms with Crippen molar-refractivity contribution in [3.05, 3.63) is 12.2 Å². The molecular weight excluding hydrogens is 957 g/mol. The van der Waals surface area contributed by atoms with Crippen molar-refractivity contribution in [3.63, 3.8) is 0 Å². The lowest BCUT2D eigenvalue weighted by molar-refractivity contribution is -0.332. The van der Waals surface area contributed by atoms with E-state index in [2.05, 4.69) is 26.0 Å². The van der Waals surface area contributed by atoms with Gasteiger partial charge in [0, 0.05) is 13.0 Å². The number of unbranched alkanes of at least 4 members (excludes halogenated alkanes) is 36. The molecule has 0 bridgehead atoms. The molecule has 75 heavy (non-hydrogen) atoms. The molecule has 0 aromatic carbocycles. The molecule has 2 aliphatic heterocycles. The Labute approximate surface area is 456 Å². The van der Waals surface area contributed by atoms with Crippen molar-refractivity contribution in [2.75, 3.05) is 33.0 Å². The summed E-state index contributed by atoms with van der Waals surface area (Å²) in [5, 5.41) is 72.4. The number of esters is 1. The van der Waals surface area contributed by atoms with Crippen molar-refractivity contribution >= 4 is 5.97 Å². The summed E-state index contributed by atoms with van der Waals surface area (Å²) in [6, 6.07) is 0. The van der Waals surface area contributed by atoms with Gasteiger partial charge >= 0.3 is 5.97 Å². The number of aliphatic hydroxyl groups is 7. The minimum Gasteiger partial charge on any atom is -0.457 e. The Bertz CT molecular complexity index is 1290. The van der Waals surface area contributed by atoms with E-state index in [1.807, 2.05) is 0 Å². The Morgan fingerprint density at radius 1 is 0.427 bits per heavy atom. The van der Waals surface area contributed by atoms with E-state index >= 15 is 0 Å². The lowest BCUT2D eigenvalue weighted by atomic mass is 9.98. The summed E-state index contributed by atoms with van der Waals surface area (Å²) in [4.78, 5) is 13.1. The predicted molar refractivity (Wildman–Crippen MR) is 298 cm³/mol. The van der Waals surface area contributed by atoms with Crippen LogP contribution in [-0.4, -0.2) is 142 Å². The zero-order chi connectivity index (χ0) is 54.4. The van der Waals surface area contributed by atoms with Gasteiger partial charge in [-0.25, -0.2) is 0 Å². The van der Waals surface area contributed by atoms with Gasteiger partial charge in [0.15, 0.2) is 12.6 Å².